The molecule has 2 fully saturated rings. The molecule has 1 saturated heterocycles. The topological polar surface area (TPSA) is 79.5 Å². The number of piperazine rings is 1. The van der Waals surface area contributed by atoms with Crippen molar-refractivity contribution in [3.8, 4) is 0 Å². The molecule has 1 saturated carbocycles. The molecule has 1 aromatic carbocycles. The van der Waals surface area contributed by atoms with Crippen LogP contribution in [0.5, 0.6) is 0 Å². The van der Waals surface area contributed by atoms with Gasteiger partial charge in [0.05, 0.1) is 0 Å². The first-order valence-corrected chi connectivity index (χ1v) is 10.3. The van der Waals surface area contributed by atoms with Gasteiger partial charge in [-0.3, -0.25) is 9.59 Å². The number of carbonyl (C=O) groups excluding carboxylic acids is 2. The molecule has 0 atom stereocenters. The van der Waals surface area contributed by atoms with Gasteiger partial charge in [0.25, 0.3) is 5.91 Å². The van der Waals surface area contributed by atoms with Gasteiger partial charge < -0.3 is 14.3 Å². The summed E-state index contributed by atoms with van der Waals surface area (Å²) >= 11 is 0. The van der Waals surface area contributed by atoms with E-state index in [4.69, 9.17) is 4.52 Å². The van der Waals surface area contributed by atoms with E-state index in [9.17, 15) is 14.0 Å². The number of aromatic nitrogens is 2. The number of hydrogen-bond acceptors (Lipinski definition) is 5. The maximum Gasteiger partial charge on any atom is 0.253 e. The fourth-order valence-corrected chi connectivity index (χ4v) is 4.03. The van der Waals surface area contributed by atoms with Crippen LogP contribution in [0.2, 0.25) is 0 Å². The van der Waals surface area contributed by atoms with E-state index in [-0.39, 0.29) is 17.6 Å². The number of amides is 2. The normalized spacial score (nSPS) is 17.7. The third-order valence-electron chi connectivity index (χ3n) is 5.77. The van der Waals surface area contributed by atoms with Gasteiger partial charge in [0.2, 0.25) is 11.8 Å². The van der Waals surface area contributed by atoms with Gasteiger partial charge in [-0.05, 0) is 37.1 Å². The molecule has 0 spiro atoms. The Labute approximate surface area is 168 Å². The second kappa shape index (κ2) is 8.71. The number of aryl methyl sites for hydroxylation is 1. The number of hydrogen-bond donors (Lipinski definition) is 0. The maximum atomic E-state index is 13.0. The van der Waals surface area contributed by atoms with E-state index >= 15 is 0 Å². The van der Waals surface area contributed by atoms with E-state index in [0.29, 0.717) is 56.4 Å². The van der Waals surface area contributed by atoms with Crippen molar-refractivity contribution in [1.29, 1.82) is 0 Å². The van der Waals surface area contributed by atoms with Crippen molar-refractivity contribution in [2.24, 2.45) is 0 Å². The molecule has 2 heterocycles. The standard InChI is InChI=1S/C21H25FN4O3/c22-17-7-5-16(6-8-17)21(28)26-13-11-25(12-14-26)19(27)10-9-18-23-20(24-29-18)15-3-1-2-4-15/h5-8,15H,1-4,9-14H2. The number of nitrogens with zero attached hydrogens (tertiary/aromatic N) is 4. The van der Waals surface area contributed by atoms with Crippen LogP contribution in [0.1, 0.15) is 60.1 Å². The van der Waals surface area contributed by atoms with Crippen molar-refractivity contribution in [1.82, 2.24) is 19.9 Å². The lowest BCUT2D eigenvalue weighted by Gasteiger charge is -2.34. The van der Waals surface area contributed by atoms with Crippen molar-refractivity contribution in [3.63, 3.8) is 0 Å². The molecule has 29 heavy (non-hydrogen) atoms. The summed E-state index contributed by atoms with van der Waals surface area (Å²) in [6, 6.07) is 5.53. The molecular formula is C21H25FN4O3. The highest BCUT2D eigenvalue weighted by molar-refractivity contribution is 5.94. The lowest BCUT2D eigenvalue weighted by Crippen LogP contribution is -2.50. The fourth-order valence-electron chi connectivity index (χ4n) is 4.03. The summed E-state index contributed by atoms with van der Waals surface area (Å²) in [5.74, 6) is 1.22. The molecule has 1 aromatic heterocycles. The van der Waals surface area contributed by atoms with Crippen molar-refractivity contribution in [3.05, 3.63) is 47.4 Å². The number of benzene rings is 1. The monoisotopic (exact) mass is 400 g/mol. The smallest absolute Gasteiger partial charge is 0.253 e. The van der Waals surface area contributed by atoms with E-state index in [2.05, 4.69) is 10.1 Å². The zero-order chi connectivity index (χ0) is 20.2. The third-order valence-corrected chi connectivity index (χ3v) is 5.77. The molecule has 4 rings (SSSR count). The van der Waals surface area contributed by atoms with Crippen LogP contribution >= 0.6 is 0 Å². The Morgan fingerprint density at radius 3 is 2.38 bits per heavy atom. The average Bonchev–Trinajstić information content (AvgIpc) is 3.44. The highest BCUT2D eigenvalue weighted by atomic mass is 19.1. The van der Waals surface area contributed by atoms with Gasteiger partial charge in [-0.25, -0.2) is 4.39 Å². The summed E-state index contributed by atoms with van der Waals surface area (Å²) in [5, 5.41) is 4.07. The van der Waals surface area contributed by atoms with E-state index in [1.807, 2.05) is 0 Å². The molecule has 0 N–H and O–H groups in total. The van der Waals surface area contributed by atoms with Crippen LogP contribution in [-0.4, -0.2) is 57.9 Å². The number of carbonyl (C=O) groups is 2. The largest absolute Gasteiger partial charge is 0.339 e. The summed E-state index contributed by atoms with van der Waals surface area (Å²) in [5.41, 5.74) is 0.459. The molecule has 7 nitrogen and oxygen atoms in total. The Morgan fingerprint density at radius 2 is 1.69 bits per heavy atom. The van der Waals surface area contributed by atoms with Crippen LogP contribution in [0, 0.1) is 5.82 Å². The van der Waals surface area contributed by atoms with Crippen LogP contribution in [0.4, 0.5) is 4.39 Å². The Bertz CT molecular complexity index is 853. The predicted octanol–water partition coefficient (Wildman–Crippen LogP) is 2.78. The Kier molecular flexibility index (Phi) is 5.87. The van der Waals surface area contributed by atoms with Crippen LogP contribution < -0.4 is 0 Å². The first-order chi connectivity index (χ1) is 14.1. The van der Waals surface area contributed by atoms with Gasteiger partial charge in [0.1, 0.15) is 5.82 Å². The molecule has 2 amide bonds. The summed E-state index contributed by atoms with van der Waals surface area (Å²) in [7, 11) is 0. The molecule has 1 aliphatic heterocycles. The molecule has 1 aliphatic carbocycles. The van der Waals surface area contributed by atoms with Crippen LogP contribution in [0.25, 0.3) is 0 Å². The second-order valence-electron chi connectivity index (χ2n) is 7.71. The van der Waals surface area contributed by atoms with E-state index < -0.39 is 0 Å². The molecule has 0 bridgehead atoms. The Hall–Kier alpha value is -2.77. The fraction of sp³-hybridized carbons (Fsp3) is 0.524. The molecule has 0 radical (unpaired) electrons. The van der Waals surface area contributed by atoms with E-state index in [1.54, 1.807) is 9.80 Å². The SMILES string of the molecule is O=C(CCc1nc(C2CCCC2)no1)N1CCN(C(=O)c2ccc(F)cc2)CC1. The highest BCUT2D eigenvalue weighted by Crippen LogP contribution is 2.32. The number of halogens is 1. The van der Waals surface area contributed by atoms with Crippen LogP contribution in [0.3, 0.4) is 0 Å². The molecule has 2 aliphatic rings. The summed E-state index contributed by atoms with van der Waals surface area (Å²) in [6.45, 7) is 1.91. The minimum absolute atomic E-state index is 0.0273. The van der Waals surface area contributed by atoms with E-state index in [1.165, 1.54) is 37.1 Å². The average molecular weight is 400 g/mol. The first-order valence-electron chi connectivity index (χ1n) is 10.3. The van der Waals surface area contributed by atoms with Crippen molar-refractivity contribution >= 4 is 11.8 Å². The summed E-state index contributed by atoms with van der Waals surface area (Å²) in [4.78, 5) is 32.9. The van der Waals surface area contributed by atoms with Gasteiger partial charge in [0, 0.05) is 50.5 Å². The van der Waals surface area contributed by atoms with Gasteiger partial charge in [-0.15, -0.1) is 0 Å². The van der Waals surface area contributed by atoms with Gasteiger partial charge >= 0.3 is 0 Å². The third kappa shape index (κ3) is 4.63. The summed E-state index contributed by atoms with van der Waals surface area (Å²) in [6.07, 6.45) is 5.40. The molecule has 0 unspecified atom stereocenters. The molecule has 154 valence electrons. The predicted molar refractivity (Wildman–Crippen MR) is 103 cm³/mol. The van der Waals surface area contributed by atoms with Gasteiger partial charge in [-0.1, -0.05) is 18.0 Å². The quantitative estimate of drug-likeness (QED) is 0.771. The minimum atomic E-state index is -0.367. The highest BCUT2D eigenvalue weighted by Gasteiger charge is 2.26. The number of rotatable bonds is 5. The van der Waals surface area contributed by atoms with Gasteiger partial charge in [0.15, 0.2) is 5.82 Å². The zero-order valence-electron chi connectivity index (χ0n) is 16.3. The van der Waals surface area contributed by atoms with Crippen LogP contribution in [0.15, 0.2) is 28.8 Å². The van der Waals surface area contributed by atoms with E-state index in [0.717, 1.165) is 18.7 Å². The Balaban J connectivity index is 1.24. The summed E-state index contributed by atoms with van der Waals surface area (Å²) < 4.78 is 18.3. The Morgan fingerprint density at radius 1 is 1.03 bits per heavy atom. The second-order valence-corrected chi connectivity index (χ2v) is 7.71. The first kappa shape index (κ1) is 19.5. The molecule has 2 aromatic rings. The maximum absolute atomic E-state index is 13.0. The molecular weight excluding hydrogens is 375 g/mol. The minimum Gasteiger partial charge on any atom is -0.339 e. The van der Waals surface area contributed by atoms with Crippen molar-refractivity contribution in [2.45, 2.75) is 44.4 Å². The van der Waals surface area contributed by atoms with Crippen LogP contribution in [-0.2, 0) is 11.2 Å². The van der Waals surface area contributed by atoms with Crippen molar-refractivity contribution < 1.29 is 18.5 Å². The molecule has 8 heteroatoms. The van der Waals surface area contributed by atoms with Gasteiger partial charge in [-0.2, -0.15) is 4.98 Å². The zero-order valence-corrected chi connectivity index (χ0v) is 16.3. The van der Waals surface area contributed by atoms with Crippen molar-refractivity contribution in [2.75, 3.05) is 26.2 Å². The lowest BCUT2D eigenvalue weighted by atomic mass is 10.1. The lowest BCUT2D eigenvalue weighted by molar-refractivity contribution is -0.132.